The van der Waals surface area contributed by atoms with Gasteiger partial charge in [-0.1, -0.05) is 30.3 Å². The largest absolute Gasteiger partial charge is 0.354 e. The van der Waals surface area contributed by atoms with Crippen LogP contribution in [-0.4, -0.2) is 26.9 Å². The monoisotopic (exact) mass is 350 g/mol. The Bertz CT molecular complexity index is 794. The summed E-state index contributed by atoms with van der Waals surface area (Å²) in [4.78, 5) is 12.1. The Balaban J connectivity index is 1.86. The summed E-state index contributed by atoms with van der Waals surface area (Å²) in [7, 11) is -3.75. The van der Waals surface area contributed by atoms with Gasteiger partial charge in [-0.05, 0) is 43.2 Å². The molecule has 0 saturated heterocycles. The van der Waals surface area contributed by atoms with E-state index >= 15 is 0 Å². The van der Waals surface area contributed by atoms with Crippen molar-refractivity contribution in [1.29, 1.82) is 0 Å². The summed E-state index contributed by atoms with van der Waals surface area (Å²) in [5, 5.41) is 2.64. The van der Waals surface area contributed by atoms with E-state index in [0.717, 1.165) is 5.56 Å². The minimum atomic E-state index is -3.75. The lowest BCUT2D eigenvalue weighted by atomic mass is 10.1. The van der Waals surface area contributed by atoms with E-state index in [9.17, 15) is 17.6 Å². The molecular formula is C17H19FN2O3S. The molecule has 0 aliphatic carbocycles. The zero-order valence-electron chi connectivity index (χ0n) is 13.2. The van der Waals surface area contributed by atoms with Crippen LogP contribution >= 0.6 is 0 Å². The van der Waals surface area contributed by atoms with E-state index < -0.39 is 22.0 Å². The van der Waals surface area contributed by atoms with E-state index in [4.69, 9.17) is 0 Å². The fourth-order valence-corrected chi connectivity index (χ4v) is 3.35. The summed E-state index contributed by atoms with van der Waals surface area (Å²) in [5.41, 5.74) is 0.757. The second kappa shape index (κ2) is 8.03. The summed E-state index contributed by atoms with van der Waals surface area (Å²) in [6.45, 7) is 1.76. The maximum atomic E-state index is 13.1. The van der Waals surface area contributed by atoms with Crippen LogP contribution in [0.2, 0.25) is 0 Å². The highest BCUT2D eigenvalue weighted by Crippen LogP contribution is 2.08. The number of halogens is 1. The lowest BCUT2D eigenvalue weighted by molar-refractivity contribution is -0.122. The van der Waals surface area contributed by atoms with E-state index in [2.05, 4.69) is 10.0 Å². The summed E-state index contributed by atoms with van der Waals surface area (Å²) in [5.74, 6) is -0.770. The molecule has 0 spiro atoms. The van der Waals surface area contributed by atoms with Crippen LogP contribution in [0.5, 0.6) is 0 Å². The number of carbonyl (C=O) groups is 1. The highest BCUT2D eigenvalue weighted by Gasteiger charge is 2.21. The molecule has 1 amide bonds. The predicted octanol–water partition coefficient (Wildman–Crippen LogP) is 1.85. The minimum absolute atomic E-state index is 0.101. The van der Waals surface area contributed by atoms with Crippen LogP contribution in [0.1, 0.15) is 12.5 Å². The first-order valence-corrected chi connectivity index (χ1v) is 8.96. The summed E-state index contributed by atoms with van der Waals surface area (Å²) in [6.07, 6.45) is 0.460. The van der Waals surface area contributed by atoms with Gasteiger partial charge in [-0.25, -0.2) is 12.8 Å². The molecule has 2 N–H and O–H groups in total. The molecule has 0 heterocycles. The van der Waals surface area contributed by atoms with Crippen LogP contribution in [-0.2, 0) is 21.2 Å². The summed E-state index contributed by atoms with van der Waals surface area (Å²) in [6, 6.07) is 13.0. The molecule has 128 valence electrons. The molecule has 0 saturated carbocycles. The molecule has 7 heteroatoms. The van der Waals surface area contributed by atoms with Crippen molar-refractivity contribution in [2.75, 3.05) is 6.54 Å². The average Bonchev–Trinajstić information content (AvgIpc) is 2.55. The van der Waals surface area contributed by atoms with Crippen molar-refractivity contribution in [3.05, 3.63) is 66.0 Å². The highest BCUT2D eigenvalue weighted by molar-refractivity contribution is 7.89. The van der Waals surface area contributed by atoms with E-state index in [0.29, 0.717) is 13.0 Å². The predicted molar refractivity (Wildman–Crippen MR) is 89.3 cm³/mol. The third kappa shape index (κ3) is 5.14. The molecule has 2 aromatic rings. The van der Waals surface area contributed by atoms with Gasteiger partial charge in [-0.3, -0.25) is 4.79 Å². The lowest BCUT2D eigenvalue weighted by Crippen LogP contribution is -2.45. The topological polar surface area (TPSA) is 75.3 Å². The Morgan fingerprint density at radius 3 is 2.50 bits per heavy atom. The fraction of sp³-hybridized carbons (Fsp3) is 0.235. The summed E-state index contributed by atoms with van der Waals surface area (Å²) < 4.78 is 39.7. The van der Waals surface area contributed by atoms with Crippen molar-refractivity contribution in [1.82, 2.24) is 10.0 Å². The third-order valence-corrected chi connectivity index (χ3v) is 4.94. The molecule has 2 aromatic carbocycles. The van der Waals surface area contributed by atoms with Crippen molar-refractivity contribution in [2.24, 2.45) is 0 Å². The van der Waals surface area contributed by atoms with E-state index in [1.807, 2.05) is 0 Å². The van der Waals surface area contributed by atoms with Crippen LogP contribution in [0.15, 0.2) is 59.5 Å². The average molecular weight is 350 g/mol. The normalized spacial score (nSPS) is 12.6. The molecular weight excluding hydrogens is 331 g/mol. The molecule has 0 radical (unpaired) electrons. The zero-order valence-corrected chi connectivity index (χ0v) is 14.0. The number of carbonyl (C=O) groups excluding carboxylic acids is 1. The van der Waals surface area contributed by atoms with Gasteiger partial charge in [0.05, 0.1) is 10.9 Å². The first-order chi connectivity index (χ1) is 11.4. The highest BCUT2D eigenvalue weighted by atomic mass is 32.2. The quantitative estimate of drug-likeness (QED) is 0.800. The van der Waals surface area contributed by atoms with E-state index in [1.165, 1.54) is 31.2 Å². The number of sulfonamides is 1. The van der Waals surface area contributed by atoms with E-state index in [1.54, 1.807) is 30.3 Å². The Morgan fingerprint density at radius 1 is 1.12 bits per heavy atom. The van der Waals surface area contributed by atoms with Crippen LogP contribution < -0.4 is 10.0 Å². The van der Waals surface area contributed by atoms with Crippen molar-refractivity contribution in [3.63, 3.8) is 0 Å². The number of hydrogen-bond donors (Lipinski definition) is 2. The van der Waals surface area contributed by atoms with Crippen LogP contribution in [0.3, 0.4) is 0 Å². The lowest BCUT2D eigenvalue weighted by Gasteiger charge is -2.14. The Kier molecular flexibility index (Phi) is 6.05. The van der Waals surface area contributed by atoms with Crippen molar-refractivity contribution < 1.29 is 17.6 Å². The van der Waals surface area contributed by atoms with Gasteiger partial charge in [-0.2, -0.15) is 4.72 Å². The Morgan fingerprint density at radius 2 is 1.83 bits per heavy atom. The zero-order chi connectivity index (χ0) is 17.6. The van der Waals surface area contributed by atoms with Crippen molar-refractivity contribution in [2.45, 2.75) is 24.3 Å². The first-order valence-electron chi connectivity index (χ1n) is 7.48. The van der Waals surface area contributed by atoms with E-state index in [-0.39, 0.29) is 10.7 Å². The molecule has 0 aliphatic heterocycles. The molecule has 0 unspecified atom stereocenters. The number of nitrogens with one attached hydrogen (secondary N) is 2. The Labute approximate surface area is 141 Å². The summed E-state index contributed by atoms with van der Waals surface area (Å²) >= 11 is 0. The van der Waals surface area contributed by atoms with Crippen LogP contribution in [0, 0.1) is 5.82 Å². The van der Waals surface area contributed by atoms with Gasteiger partial charge in [0.1, 0.15) is 5.82 Å². The molecule has 1 atom stereocenters. The SMILES string of the molecule is C[C@@H](NS(=O)(=O)c1ccccc1)C(=O)NCCc1cccc(F)c1. The van der Waals surface area contributed by atoms with Crippen molar-refractivity contribution >= 4 is 15.9 Å². The minimum Gasteiger partial charge on any atom is -0.354 e. The van der Waals surface area contributed by atoms with Gasteiger partial charge in [0.2, 0.25) is 15.9 Å². The third-order valence-electron chi connectivity index (χ3n) is 3.38. The Hall–Kier alpha value is -2.25. The van der Waals surface area contributed by atoms with Gasteiger partial charge in [0.15, 0.2) is 0 Å². The first kappa shape index (κ1) is 18.1. The molecule has 0 aromatic heterocycles. The van der Waals surface area contributed by atoms with Gasteiger partial charge in [0.25, 0.3) is 0 Å². The van der Waals surface area contributed by atoms with Crippen molar-refractivity contribution in [3.8, 4) is 0 Å². The van der Waals surface area contributed by atoms with Gasteiger partial charge < -0.3 is 5.32 Å². The molecule has 0 fully saturated rings. The number of rotatable bonds is 7. The number of benzene rings is 2. The van der Waals surface area contributed by atoms with Crippen LogP contribution in [0.4, 0.5) is 4.39 Å². The number of hydrogen-bond acceptors (Lipinski definition) is 3. The van der Waals surface area contributed by atoms with Gasteiger partial charge in [0, 0.05) is 6.54 Å². The van der Waals surface area contributed by atoms with Gasteiger partial charge >= 0.3 is 0 Å². The maximum absolute atomic E-state index is 13.1. The molecule has 0 bridgehead atoms. The van der Waals surface area contributed by atoms with Gasteiger partial charge in [-0.15, -0.1) is 0 Å². The second-order valence-corrected chi connectivity index (χ2v) is 7.04. The number of amides is 1. The molecule has 2 rings (SSSR count). The second-order valence-electron chi connectivity index (χ2n) is 5.33. The fourth-order valence-electron chi connectivity index (χ4n) is 2.13. The molecule has 0 aliphatic rings. The molecule has 24 heavy (non-hydrogen) atoms. The standard InChI is InChI=1S/C17H19FN2O3S/c1-13(20-24(22,23)16-8-3-2-4-9-16)17(21)19-11-10-14-6-5-7-15(18)12-14/h2-9,12-13,20H,10-11H2,1H3,(H,19,21)/t13-/m1/s1. The van der Waals surface area contributed by atoms with Crippen LogP contribution in [0.25, 0.3) is 0 Å². The maximum Gasteiger partial charge on any atom is 0.241 e. The molecule has 5 nitrogen and oxygen atoms in total. The smallest absolute Gasteiger partial charge is 0.241 e.